The van der Waals surface area contributed by atoms with E-state index in [1.54, 1.807) is 24.3 Å². The Labute approximate surface area is 134 Å². The number of hydrogen-bond acceptors (Lipinski definition) is 4. The van der Waals surface area contributed by atoms with Crippen molar-refractivity contribution in [3.8, 4) is 5.75 Å². The molecule has 2 aromatic carbocycles. The molecule has 0 heterocycles. The summed E-state index contributed by atoms with van der Waals surface area (Å²) in [5.41, 5.74) is 3.59. The maximum atomic E-state index is 12.0. The number of rotatable bonds is 6. The number of ether oxygens (including phenoxy) is 1. The van der Waals surface area contributed by atoms with Crippen LogP contribution in [-0.2, 0) is 4.79 Å². The standard InChI is InChI=1S/C17H17N3O3/c1-23-15-10-6-5-9-14(15)17(22)18-12-16(21)20-19-11-13-7-3-2-4-8-13/h2-11H,12H2,1H3,(H,18,22)(H,20,21). The molecule has 0 atom stereocenters. The van der Waals surface area contributed by atoms with Gasteiger partial charge in [-0.1, -0.05) is 42.5 Å². The lowest BCUT2D eigenvalue weighted by molar-refractivity contribution is -0.120. The molecule has 2 rings (SSSR count). The van der Waals surface area contributed by atoms with Gasteiger partial charge in [-0.15, -0.1) is 0 Å². The first kappa shape index (κ1) is 16.2. The highest BCUT2D eigenvalue weighted by molar-refractivity contribution is 5.98. The van der Waals surface area contributed by atoms with E-state index in [4.69, 9.17) is 4.74 Å². The second-order valence-corrected chi connectivity index (χ2v) is 4.59. The number of amides is 2. The molecule has 6 nitrogen and oxygen atoms in total. The number of carbonyl (C=O) groups is 2. The zero-order chi connectivity index (χ0) is 16.5. The van der Waals surface area contributed by atoms with Crippen molar-refractivity contribution in [1.82, 2.24) is 10.7 Å². The van der Waals surface area contributed by atoms with Crippen molar-refractivity contribution in [2.45, 2.75) is 0 Å². The highest BCUT2D eigenvalue weighted by atomic mass is 16.5. The Hall–Kier alpha value is -3.15. The third-order valence-corrected chi connectivity index (χ3v) is 2.96. The van der Waals surface area contributed by atoms with Crippen molar-refractivity contribution in [1.29, 1.82) is 0 Å². The van der Waals surface area contributed by atoms with Gasteiger partial charge in [0.2, 0.25) is 0 Å². The van der Waals surface area contributed by atoms with Gasteiger partial charge >= 0.3 is 0 Å². The largest absolute Gasteiger partial charge is 0.496 e. The van der Waals surface area contributed by atoms with Gasteiger partial charge in [-0.25, -0.2) is 5.43 Å². The molecule has 2 amide bonds. The second-order valence-electron chi connectivity index (χ2n) is 4.59. The van der Waals surface area contributed by atoms with Crippen molar-refractivity contribution in [2.24, 2.45) is 5.10 Å². The molecule has 0 unspecified atom stereocenters. The molecule has 0 radical (unpaired) electrons. The molecule has 0 aromatic heterocycles. The zero-order valence-electron chi connectivity index (χ0n) is 12.7. The van der Waals surface area contributed by atoms with Crippen molar-refractivity contribution in [3.05, 3.63) is 65.7 Å². The molecule has 0 bridgehead atoms. The minimum atomic E-state index is -0.416. The summed E-state index contributed by atoms with van der Waals surface area (Å²) in [6, 6.07) is 16.1. The van der Waals surface area contributed by atoms with Gasteiger partial charge in [-0.2, -0.15) is 5.10 Å². The summed E-state index contributed by atoms with van der Waals surface area (Å²) in [6.07, 6.45) is 1.53. The van der Waals surface area contributed by atoms with Crippen LogP contribution in [0.4, 0.5) is 0 Å². The summed E-state index contributed by atoms with van der Waals surface area (Å²) in [4.78, 5) is 23.7. The summed E-state index contributed by atoms with van der Waals surface area (Å²) >= 11 is 0. The third-order valence-electron chi connectivity index (χ3n) is 2.96. The Morgan fingerprint density at radius 3 is 2.52 bits per heavy atom. The van der Waals surface area contributed by atoms with Crippen LogP contribution < -0.4 is 15.5 Å². The lowest BCUT2D eigenvalue weighted by Crippen LogP contribution is -2.35. The molecule has 2 aromatic rings. The predicted molar refractivity (Wildman–Crippen MR) is 87.5 cm³/mol. The smallest absolute Gasteiger partial charge is 0.259 e. The van der Waals surface area contributed by atoms with E-state index in [0.717, 1.165) is 5.56 Å². The summed E-state index contributed by atoms with van der Waals surface area (Å²) in [5.74, 6) is -0.349. The van der Waals surface area contributed by atoms with E-state index < -0.39 is 5.91 Å². The Kier molecular flexibility index (Phi) is 5.88. The Morgan fingerprint density at radius 2 is 1.78 bits per heavy atom. The highest BCUT2D eigenvalue weighted by Crippen LogP contribution is 2.16. The number of hydrogen-bond donors (Lipinski definition) is 2. The quantitative estimate of drug-likeness (QED) is 0.628. The Morgan fingerprint density at radius 1 is 1.09 bits per heavy atom. The first-order chi connectivity index (χ1) is 11.2. The van der Waals surface area contributed by atoms with Gasteiger partial charge in [-0.3, -0.25) is 9.59 Å². The number of carbonyl (C=O) groups excluding carboxylic acids is 2. The van der Waals surface area contributed by atoms with E-state index in [1.165, 1.54) is 13.3 Å². The number of nitrogens with one attached hydrogen (secondary N) is 2. The molecule has 0 fully saturated rings. The normalized spacial score (nSPS) is 10.3. The third kappa shape index (κ3) is 4.96. The molecule has 0 aliphatic rings. The zero-order valence-corrected chi connectivity index (χ0v) is 12.7. The fourth-order valence-corrected chi connectivity index (χ4v) is 1.85. The van der Waals surface area contributed by atoms with Crippen LogP contribution in [0, 0.1) is 0 Å². The lowest BCUT2D eigenvalue weighted by atomic mass is 10.2. The van der Waals surface area contributed by atoms with Crippen molar-refractivity contribution in [2.75, 3.05) is 13.7 Å². The molecule has 0 spiro atoms. The van der Waals surface area contributed by atoms with Crippen LogP contribution in [0.5, 0.6) is 5.75 Å². The van der Waals surface area contributed by atoms with Crippen LogP contribution in [-0.4, -0.2) is 31.7 Å². The van der Waals surface area contributed by atoms with Crippen LogP contribution in [0.2, 0.25) is 0 Å². The van der Waals surface area contributed by atoms with E-state index in [9.17, 15) is 9.59 Å². The van der Waals surface area contributed by atoms with Gasteiger partial charge in [-0.05, 0) is 17.7 Å². The fraction of sp³-hybridized carbons (Fsp3) is 0.118. The molecule has 0 aliphatic carbocycles. The molecule has 0 saturated carbocycles. The van der Waals surface area contributed by atoms with E-state index >= 15 is 0 Å². The molecule has 6 heteroatoms. The van der Waals surface area contributed by atoms with Gasteiger partial charge in [0.25, 0.3) is 11.8 Å². The fourth-order valence-electron chi connectivity index (χ4n) is 1.85. The summed E-state index contributed by atoms with van der Waals surface area (Å²) < 4.78 is 5.10. The highest BCUT2D eigenvalue weighted by Gasteiger charge is 2.12. The van der Waals surface area contributed by atoms with Crippen LogP contribution in [0.3, 0.4) is 0 Å². The average molecular weight is 311 g/mol. The van der Waals surface area contributed by atoms with Crippen LogP contribution in [0.25, 0.3) is 0 Å². The summed E-state index contributed by atoms with van der Waals surface area (Å²) in [5, 5.41) is 6.34. The first-order valence-electron chi connectivity index (χ1n) is 6.99. The van der Waals surface area contributed by atoms with Crippen LogP contribution >= 0.6 is 0 Å². The molecule has 0 saturated heterocycles. The first-order valence-corrected chi connectivity index (χ1v) is 6.99. The minimum Gasteiger partial charge on any atom is -0.496 e. The van der Waals surface area contributed by atoms with E-state index in [-0.39, 0.29) is 12.5 Å². The summed E-state index contributed by atoms with van der Waals surface area (Å²) in [6.45, 7) is -0.178. The monoisotopic (exact) mass is 311 g/mol. The predicted octanol–water partition coefficient (Wildman–Crippen LogP) is 1.58. The van der Waals surface area contributed by atoms with Gasteiger partial charge in [0.05, 0.1) is 25.4 Å². The maximum Gasteiger partial charge on any atom is 0.259 e. The van der Waals surface area contributed by atoms with Gasteiger partial charge in [0.1, 0.15) is 5.75 Å². The number of methoxy groups -OCH3 is 1. The maximum absolute atomic E-state index is 12.0. The van der Waals surface area contributed by atoms with Gasteiger partial charge < -0.3 is 10.1 Å². The Balaban J connectivity index is 1.82. The van der Waals surface area contributed by atoms with Gasteiger partial charge in [0.15, 0.2) is 0 Å². The Bertz CT molecular complexity index is 699. The van der Waals surface area contributed by atoms with Crippen molar-refractivity contribution < 1.29 is 14.3 Å². The average Bonchev–Trinajstić information content (AvgIpc) is 2.60. The van der Waals surface area contributed by atoms with Crippen molar-refractivity contribution >= 4 is 18.0 Å². The topological polar surface area (TPSA) is 79.8 Å². The SMILES string of the molecule is COc1ccccc1C(=O)NCC(=O)NN=Cc1ccccc1. The van der Waals surface area contributed by atoms with E-state index in [1.807, 2.05) is 30.3 Å². The molecular formula is C17H17N3O3. The van der Waals surface area contributed by atoms with E-state index in [0.29, 0.717) is 11.3 Å². The molecule has 2 N–H and O–H groups in total. The minimum absolute atomic E-state index is 0.178. The molecule has 118 valence electrons. The van der Waals surface area contributed by atoms with Crippen LogP contribution in [0.1, 0.15) is 15.9 Å². The summed E-state index contributed by atoms with van der Waals surface area (Å²) in [7, 11) is 1.48. The van der Waals surface area contributed by atoms with E-state index in [2.05, 4.69) is 15.8 Å². The molecule has 23 heavy (non-hydrogen) atoms. The number of nitrogens with zero attached hydrogens (tertiary/aromatic N) is 1. The van der Waals surface area contributed by atoms with Gasteiger partial charge in [0, 0.05) is 0 Å². The van der Waals surface area contributed by atoms with Crippen molar-refractivity contribution in [3.63, 3.8) is 0 Å². The number of benzene rings is 2. The number of para-hydroxylation sites is 1. The second kappa shape index (κ2) is 8.33. The lowest BCUT2D eigenvalue weighted by Gasteiger charge is -2.08. The molecular weight excluding hydrogens is 294 g/mol. The van der Waals surface area contributed by atoms with Crippen LogP contribution in [0.15, 0.2) is 59.7 Å². The molecule has 0 aliphatic heterocycles. The number of hydrazone groups is 1.